The van der Waals surface area contributed by atoms with E-state index in [-0.39, 0.29) is 30.6 Å². The van der Waals surface area contributed by atoms with Crippen molar-refractivity contribution in [1.29, 1.82) is 0 Å². The molecule has 0 bridgehead atoms. The van der Waals surface area contributed by atoms with E-state index in [1.165, 1.54) is 16.2 Å². The molecule has 2 aromatic rings. The maximum Gasteiger partial charge on any atom is 0.220 e. The minimum Gasteiger partial charge on any atom is -0.354 e. The highest BCUT2D eigenvalue weighted by molar-refractivity contribution is 7.18. The van der Waals surface area contributed by atoms with Crippen molar-refractivity contribution in [2.45, 2.75) is 18.9 Å². The summed E-state index contributed by atoms with van der Waals surface area (Å²) in [7, 11) is 3.97. The average Bonchev–Trinajstić information content (AvgIpc) is 3.16. The number of amides is 1. The first kappa shape index (κ1) is 18.1. The molecule has 0 saturated heterocycles. The molecule has 7 heteroatoms. The zero-order valence-electron chi connectivity index (χ0n) is 13.0. The molecule has 23 heavy (non-hydrogen) atoms. The smallest absolute Gasteiger partial charge is 0.220 e. The number of likely N-dealkylation sites (N-methyl/N-ethyl adjacent to an activating group) is 1. The lowest BCUT2D eigenvalue weighted by atomic mass is 10.1. The predicted octanol–water partition coefficient (Wildman–Crippen LogP) is 3.85. The number of Topliss-reactive ketones (excluding diaryl/α,β-unsaturated/α-hetero) is 1. The van der Waals surface area contributed by atoms with E-state index in [0.717, 1.165) is 0 Å². The quantitative estimate of drug-likeness (QED) is 0.718. The molecule has 2 aromatic heterocycles. The number of ketones is 1. The number of carbonyl (C=O) groups excluding carboxylic acids is 2. The van der Waals surface area contributed by atoms with Crippen molar-refractivity contribution >= 4 is 46.0 Å². The van der Waals surface area contributed by atoms with Crippen molar-refractivity contribution in [3.05, 3.63) is 43.7 Å². The van der Waals surface area contributed by atoms with Gasteiger partial charge in [-0.2, -0.15) is 0 Å². The summed E-state index contributed by atoms with van der Waals surface area (Å²) in [6.07, 6.45) is 0.396. The lowest BCUT2D eigenvalue weighted by molar-refractivity contribution is -0.121. The van der Waals surface area contributed by atoms with Crippen LogP contribution >= 0.6 is 34.3 Å². The number of hydrogen-bond acceptors (Lipinski definition) is 5. The third kappa shape index (κ3) is 5.42. The van der Waals surface area contributed by atoms with E-state index < -0.39 is 0 Å². The SMILES string of the molecule is CN(C)C(CNC(=O)CCC(=O)c1ccc(Cl)s1)c1cccs1. The van der Waals surface area contributed by atoms with Gasteiger partial charge in [-0.05, 0) is 37.7 Å². The molecule has 1 atom stereocenters. The van der Waals surface area contributed by atoms with Crippen LogP contribution in [0.25, 0.3) is 0 Å². The molecule has 0 aliphatic rings. The average molecular weight is 371 g/mol. The third-order valence-corrected chi connectivity index (χ3v) is 5.66. The molecule has 0 aliphatic carbocycles. The normalized spacial score (nSPS) is 12.3. The van der Waals surface area contributed by atoms with Crippen LogP contribution in [-0.2, 0) is 4.79 Å². The van der Waals surface area contributed by atoms with Crippen LogP contribution in [0.2, 0.25) is 4.34 Å². The molecule has 1 N–H and O–H groups in total. The van der Waals surface area contributed by atoms with Gasteiger partial charge in [0.2, 0.25) is 5.91 Å². The van der Waals surface area contributed by atoms with E-state index in [2.05, 4.69) is 16.3 Å². The molecule has 1 amide bonds. The van der Waals surface area contributed by atoms with Gasteiger partial charge in [-0.15, -0.1) is 22.7 Å². The maximum atomic E-state index is 12.0. The van der Waals surface area contributed by atoms with Crippen molar-refractivity contribution < 1.29 is 9.59 Å². The summed E-state index contributed by atoms with van der Waals surface area (Å²) in [5, 5.41) is 4.94. The van der Waals surface area contributed by atoms with E-state index in [4.69, 9.17) is 11.6 Å². The number of hydrogen-bond donors (Lipinski definition) is 1. The lowest BCUT2D eigenvalue weighted by Gasteiger charge is -2.23. The zero-order valence-corrected chi connectivity index (χ0v) is 15.4. The fourth-order valence-electron chi connectivity index (χ4n) is 2.13. The third-order valence-electron chi connectivity index (χ3n) is 3.41. The molecule has 0 spiro atoms. The molecule has 0 fully saturated rings. The minimum absolute atomic E-state index is 0.0422. The molecule has 0 radical (unpaired) electrons. The van der Waals surface area contributed by atoms with Gasteiger partial charge in [0.15, 0.2) is 5.78 Å². The summed E-state index contributed by atoms with van der Waals surface area (Å²) >= 11 is 8.73. The highest BCUT2D eigenvalue weighted by Crippen LogP contribution is 2.23. The summed E-state index contributed by atoms with van der Waals surface area (Å²) in [5.74, 6) is -0.149. The number of halogens is 1. The van der Waals surface area contributed by atoms with Crippen LogP contribution in [0.5, 0.6) is 0 Å². The Balaban J connectivity index is 1.79. The molecule has 4 nitrogen and oxygen atoms in total. The first-order valence-corrected chi connectivity index (χ1v) is 9.30. The molecule has 2 heterocycles. The van der Waals surface area contributed by atoms with Crippen LogP contribution in [0.15, 0.2) is 29.6 Å². The fraction of sp³-hybridized carbons (Fsp3) is 0.375. The first-order valence-electron chi connectivity index (χ1n) is 7.22. The van der Waals surface area contributed by atoms with Gasteiger partial charge in [-0.1, -0.05) is 17.7 Å². The van der Waals surface area contributed by atoms with E-state index >= 15 is 0 Å². The summed E-state index contributed by atoms with van der Waals surface area (Å²) in [6.45, 7) is 0.533. The molecular formula is C16H19ClN2O2S2. The molecular weight excluding hydrogens is 352 g/mol. The van der Waals surface area contributed by atoms with Crippen LogP contribution in [0.1, 0.15) is 33.4 Å². The Bertz CT molecular complexity index is 653. The second-order valence-electron chi connectivity index (χ2n) is 5.33. The number of nitrogens with zero attached hydrogens (tertiary/aromatic N) is 1. The van der Waals surface area contributed by atoms with Crippen molar-refractivity contribution in [1.82, 2.24) is 10.2 Å². The summed E-state index contributed by atoms with van der Waals surface area (Å²) < 4.78 is 0.586. The number of thiophene rings is 2. The monoisotopic (exact) mass is 370 g/mol. The Kier molecular flexibility index (Phi) is 6.77. The lowest BCUT2D eigenvalue weighted by Crippen LogP contribution is -2.34. The molecule has 0 aromatic carbocycles. The second-order valence-corrected chi connectivity index (χ2v) is 8.02. The second kappa shape index (κ2) is 8.59. The van der Waals surface area contributed by atoms with Crippen LogP contribution in [0.3, 0.4) is 0 Å². The largest absolute Gasteiger partial charge is 0.354 e. The Morgan fingerprint density at radius 1 is 1.26 bits per heavy atom. The molecule has 124 valence electrons. The molecule has 2 rings (SSSR count). The number of rotatable bonds is 8. The Morgan fingerprint density at radius 2 is 2.04 bits per heavy atom. The van der Waals surface area contributed by atoms with Crippen molar-refractivity contribution in [3.63, 3.8) is 0 Å². The van der Waals surface area contributed by atoms with Gasteiger partial charge in [-0.25, -0.2) is 0 Å². The molecule has 0 aliphatic heterocycles. The van der Waals surface area contributed by atoms with Gasteiger partial charge in [0.1, 0.15) is 0 Å². The Labute approximate surface area is 149 Å². The van der Waals surface area contributed by atoms with Gasteiger partial charge < -0.3 is 10.2 Å². The van der Waals surface area contributed by atoms with E-state index in [9.17, 15) is 9.59 Å². The van der Waals surface area contributed by atoms with E-state index in [1.807, 2.05) is 25.5 Å². The van der Waals surface area contributed by atoms with Gasteiger partial charge in [0.05, 0.1) is 15.3 Å². The van der Waals surface area contributed by atoms with E-state index in [1.54, 1.807) is 23.5 Å². The summed E-state index contributed by atoms with van der Waals surface area (Å²) in [6, 6.07) is 7.61. The van der Waals surface area contributed by atoms with Gasteiger partial charge >= 0.3 is 0 Å². The predicted molar refractivity (Wildman–Crippen MR) is 96.7 cm³/mol. The van der Waals surface area contributed by atoms with Gasteiger partial charge in [0.25, 0.3) is 0 Å². The van der Waals surface area contributed by atoms with Gasteiger partial charge in [-0.3, -0.25) is 9.59 Å². The van der Waals surface area contributed by atoms with Crippen LogP contribution < -0.4 is 5.32 Å². The number of carbonyl (C=O) groups is 2. The van der Waals surface area contributed by atoms with Crippen LogP contribution in [-0.4, -0.2) is 37.2 Å². The standard InChI is InChI=1S/C16H19ClN2O2S2/c1-19(2)11(13-4-3-9-22-13)10-18-16(21)8-5-12(20)14-6-7-15(17)23-14/h3-4,6-7,9,11H,5,8,10H2,1-2H3,(H,18,21). The van der Waals surface area contributed by atoms with Crippen molar-refractivity contribution in [2.24, 2.45) is 0 Å². The van der Waals surface area contributed by atoms with E-state index in [0.29, 0.717) is 15.8 Å². The zero-order chi connectivity index (χ0) is 16.8. The first-order chi connectivity index (χ1) is 11.0. The van der Waals surface area contributed by atoms with Crippen LogP contribution in [0, 0.1) is 0 Å². The molecule has 1 unspecified atom stereocenters. The minimum atomic E-state index is -0.107. The van der Waals surface area contributed by atoms with Crippen molar-refractivity contribution in [2.75, 3.05) is 20.6 Å². The highest BCUT2D eigenvalue weighted by atomic mass is 35.5. The molecule has 0 saturated carbocycles. The Morgan fingerprint density at radius 3 is 2.61 bits per heavy atom. The fourth-order valence-corrected chi connectivity index (χ4v) is 4.06. The Hall–Kier alpha value is -1.21. The van der Waals surface area contributed by atoms with Gasteiger partial charge in [0, 0.05) is 24.3 Å². The maximum absolute atomic E-state index is 12.0. The topological polar surface area (TPSA) is 49.4 Å². The number of nitrogens with one attached hydrogen (secondary N) is 1. The van der Waals surface area contributed by atoms with Crippen molar-refractivity contribution in [3.8, 4) is 0 Å². The highest BCUT2D eigenvalue weighted by Gasteiger charge is 2.17. The summed E-state index contributed by atoms with van der Waals surface area (Å²) in [4.78, 5) is 27.8. The summed E-state index contributed by atoms with van der Waals surface area (Å²) in [5.41, 5.74) is 0. The van der Waals surface area contributed by atoms with Crippen LogP contribution in [0.4, 0.5) is 0 Å².